The van der Waals surface area contributed by atoms with Gasteiger partial charge in [-0.25, -0.2) is 4.39 Å². The van der Waals surface area contributed by atoms with Gasteiger partial charge in [0, 0.05) is 25.3 Å². The molecule has 0 amide bonds. The van der Waals surface area contributed by atoms with E-state index in [4.69, 9.17) is 10.5 Å². The van der Waals surface area contributed by atoms with Gasteiger partial charge in [0.05, 0.1) is 15.8 Å². The lowest BCUT2D eigenvalue weighted by molar-refractivity contribution is 0.0904. The number of rotatable bonds is 2. The molecule has 1 fully saturated rings. The molecule has 0 spiro atoms. The molecule has 0 aliphatic carbocycles. The molecular formula is C11H14BrFN2O. The molecule has 0 saturated carbocycles. The maximum atomic E-state index is 13.3. The molecule has 1 aromatic rings. The van der Waals surface area contributed by atoms with Gasteiger partial charge in [0.2, 0.25) is 0 Å². The summed E-state index contributed by atoms with van der Waals surface area (Å²) in [4.78, 5) is 0. The van der Waals surface area contributed by atoms with Gasteiger partial charge in [-0.1, -0.05) is 0 Å². The quantitative estimate of drug-likeness (QED) is 0.823. The Morgan fingerprint density at radius 3 is 2.75 bits per heavy atom. The fourth-order valence-corrected chi connectivity index (χ4v) is 2.11. The van der Waals surface area contributed by atoms with Crippen LogP contribution >= 0.6 is 15.9 Å². The van der Waals surface area contributed by atoms with Crippen LogP contribution in [0.4, 0.5) is 15.8 Å². The van der Waals surface area contributed by atoms with Crippen LogP contribution in [0.25, 0.3) is 0 Å². The predicted octanol–water partition coefficient (Wildman–Crippen LogP) is 2.76. The van der Waals surface area contributed by atoms with Gasteiger partial charge in [0.25, 0.3) is 0 Å². The standard InChI is InChI=1S/C11H14BrFN2O/c12-8-5-10(14)11(6-9(8)13)15-7-1-3-16-4-2-7/h5-7,15H,1-4,14H2. The van der Waals surface area contributed by atoms with Crippen molar-refractivity contribution in [2.24, 2.45) is 0 Å². The van der Waals surface area contributed by atoms with Gasteiger partial charge in [-0.05, 0) is 34.8 Å². The van der Waals surface area contributed by atoms with Crippen molar-refractivity contribution in [3.8, 4) is 0 Å². The minimum absolute atomic E-state index is 0.302. The summed E-state index contributed by atoms with van der Waals surface area (Å²) < 4.78 is 19.0. The SMILES string of the molecule is Nc1cc(Br)c(F)cc1NC1CCOCC1. The third kappa shape index (κ3) is 2.65. The van der Waals surface area contributed by atoms with Crippen LogP contribution in [0.15, 0.2) is 16.6 Å². The summed E-state index contributed by atoms with van der Waals surface area (Å²) in [6.45, 7) is 1.49. The largest absolute Gasteiger partial charge is 0.397 e. The van der Waals surface area contributed by atoms with E-state index in [1.807, 2.05) is 0 Å². The smallest absolute Gasteiger partial charge is 0.139 e. The lowest BCUT2D eigenvalue weighted by Crippen LogP contribution is -2.28. The third-order valence-electron chi connectivity index (χ3n) is 2.67. The van der Waals surface area contributed by atoms with E-state index >= 15 is 0 Å². The number of benzene rings is 1. The molecular weight excluding hydrogens is 275 g/mol. The van der Waals surface area contributed by atoms with E-state index in [-0.39, 0.29) is 5.82 Å². The molecule has 3 N–H and O–H groups in total. The Kier molecular flexibility index (Phi) is 3.66. The van der Waals surface area contributed by atoms with E-state index in [0.717, 1.165) is 26.1 Å². The molecule has 88 valence electrons. The Morgan fingerprint density at radius 2 is 2.06 bits per heavy atom. The van der Waals surface area contributed by atoms with E-state index in [9.17, 15) is 4.39 Å². The van der Waals surface area contributed by atoms with E-state index < -0.39 is 0 Å². The molecule has 3 nitrogen and oxygen atoms in total. The highest BCUT2D eigenvalue weighted by Gasteiger charge is 2.15. The molecule has 1 aliphatic heterocycles. The normalized spacial score (nSPS) is 17.4. The van der Waals surface area contributed by atoms with Crippen molar-refractivity contribution in [1.82, 2.24) is 0 Å². The topological polar surface area (TPSA) is 47.3 Å². The van der Waals surface area contributed by atoms with Crippen molar-refractivity contribution in [2.75, 3.05) is 24.3 Å². The summed E-state index contributed by atoms with van der Waals surface area (Å²) in [6, 6.07) is 3.32. The van der Waals surface area contributed by atoms with Gasteiger partial charge in [-0.3, -0.25) is 0 Å². The number of ether oxygens (including phenoxy) is 1. The second-order valence-corrected chi connectivity index (χ2v) is 4.74. The van der Waals surface area contributed by atoms with Crippen molar-refractivity contribution in [3.63, 3.8) is 0 Å². The molecule has 0 radical (unpaired) electrons. The minimum Gasteiger partial charge on any atom is -0.397 e. The van der Waals surface area contributed by atoms with Gasteiger partial charge in [-0.15, -0.1) is 0 Å². The Morgan fingerprint density at radius 1 is 1.38 bits per heavy atom. The molecule has 0 aromatic heterocycles. The first-order chi connectivity index (χ1) is 7.66. The Bertz CT molecular complexity index is 380. The molecule has 1 heterocycles. The maximum Gasteiger partial charge on any atom is 0.139 e. The van der Waals surface area contributed by atoms with Gasteiger partial charge in [0.1, 0.15) is 5.82 Å². The zero-order chi connectivity index (χ0) is 11.5. The first kappa shape index (κ1) is 11.7. The van der Waals surface area contributed by atoms with Crippen LogP contribution < -0.4 is 11.1 Å². The van der Waals surface area contributed by atoms with E-state index in [2.05, 4.69) is 21.2 Å². The third-order valence-corrected chi connectivity index (χ3v) is 3.28. The van der Waals surface area contributed by atoms with Crippen LogP contribution in [0.3, 0.4) is 0 Å². The lowest BCUT2D eigenvalue weighted by atomic mass is 10.1. The first-order valence-electron chi connectivity index (χ1n) is 5.25. The van der Waals surface area contributed by atoms with Crippen molar-refractivity contribution in [3.05, 3.63) is 22.4 Å². The van der Waals surface area contributed by atoms with Crippen LogP contribution in [0.1, 0.15) is 12.8 Å². The van der Waals surface area contributed by atoms with Crippen molar-refractivity contribution >= 4 is 27.3 Å². The number of hydrogen-bond donors (Lipinski definition) is 2. The highest BCUT2D eigenvalue weighted by atomic mass is 79.9. The number of nitrogen functional groups attached to an aromatic ring is 1. The molecule has 16 heavy (non-hydrogen) atoms. The summed E-state index contributed by atoms with van der Waals surface area (Å²) in [5.41, 5.74) is 7.03. The van der Waals surface area contributed by atoms with Crippen molar-refractivity contribution in [1.29, 1.82) is 0 Å². The maximum absolute atomic E-state index is 13.3. The predicted molar refractivity (Wildman–Crippen MR) is 66.0 cm³/mol. The van der Waals surface area contributed by atoms with E-state index in [0.29, 0.717) is 21.9 Å². The number of nitrogens with two attached hydrogens (primary N) is 1. The highest BCUT2D eigenvalue weighted by Crippen LogP contribution is 2.28. The zero-order valence-electron chi connectivity index (χ0n) is 8.80. The molecule has 5 heteroatoms. The number of halogens is 2. The summed E-state index contributed by atoms with van der Waals surface area (Å²) in [7, 11) is 0. The summed E-state index contributed by atoms with van der Waals surface area (Å²) >= 11 is 3.10. The molecule has 0 atom stereocenters. The monoisotopic (exact) mass is 288 g/mol. The molecule has 0 bridgehead atoms. The molecule has 1 aromatic carbocycles. The Hall–Kier alpha value is -0.810. The molecule has 2 rings (SSSR count). The van der Waals surface area contributed by atoms with Gasteiger partial charge >= 0.3 is 0 Å². The summed E-state index contributed by atoms with van der Waals surface area (Å²) in [5.74, 6) is -0.302. The van der Waals surface area contributed by atoms with Crippen LogP contribution in [0, 0.1) is 5.82 Å². The van der Waals surface area contributed by atoms with Gasteiger partial charge < -0.3 is 15.8 Å². The van der Waals surface area contributed by atoms with Crippen molar-refractivity contribution < 1.29 is 9.13 Å². The van der Waals surface area contributed by atoms with E-state index in [1.165, 1.54) is 6.07 Å². The fraction of sp³-hybridized carbons (Fsp3) is 0.455. The molecule has 1 saturated heterocycles. The summed E-state index contributed by atoms with van der Waals surface area (Å²) in [6.07, 6.45) is 1.86. The van der Waals surface area contributed by atoms with Gasteiger partial charge in [0.15, 0.2) is 0 Å². The number of anilines is 2. The summed E-state index contributed by atoms with van der Waals surface area (Å²) in [5, 5.41) is 3.25. The molecule has 1 aliphatic rings. The zero-order valence-corrected chi connectivity index (χ0v) is 10.4. The fourth-order valence-electron chi connectivity index (χ4n) is 1.75. The number of nitrogens with one attached hydrogen (secondary N) is 1. The second kappa shape index (κ2) is 5.01. The minimum atomic E-state index is -0.302. The van der Waals surface area contributed by atoms with Crippen LogP contribution in [-0.2, 0) is 4.74 Å². The van der Waals surface area contributed by atoms with Crippen LogP contribution in [-0.4, -0.2) is 19.3 Å². The second-order valence-electron chi connectivity index (χ2n) is 3.88. The Balaban J connectivity index is 2.11. The number of hydrogen-bond acceptors (Lipinski definition) is 3. The van der Waals surface area contributed by atoms with E-state index in [1.54, 1.807) is 6.07 Å². The van der Waals surface area contributed by atoms with Crippen molar-refractivity contribution in [2.45, 2.75) is 18.9 Å². The van der Waals surface area contributed by atoms with Gasteiger partial charge in [-0.2, -0.15) is 0 Å². The van der Waals surface area contributed by atoms with Crippen LogP contribution in [0.2, 0.25) is 0 Å². The first-order valence-corrected chi connectivity index (χ1v) is 6.05. The molecule has 0 unspecified atom stereocenters. The van der Waals surface area contributed by atoms with Crippen LogP contribution in [0.5, 0.6) is 0 Å². The average molecular weight is 289 g/mol. The lowest BCUT2D eigenvalue weighted by Gasteiger charge is -2.24. The Labute approximate surface area is 102 Å². The highest BCUT2D eigenvalue weighted by molar-refractivity contribution is 9.10. The average Bonchev–Trinajstić information content (AvgIpc) is 2.27.